The highest BCUT2D eigenvalue weighted by atomic mass is 79.9. The second-order valence-corrected chi connectivity index (χ2v) is 4.96. The van der Waals surface area contributed by atoms with Gasteiger partial charge >= 0.3 is 0 Å². The van der Waals surface area contributed by atoms with E-state index >= 15 is 0 Å². The van der Waals surface area contributed by atoms with E-state index in [0.29, 0.717) is 17.7 Å². The molecule has 2 rings (SSSR count). The van der Waals surface area contributed by atoms with Crippen molar-refractivity contribution < 1.29 is 9.13 Å². The van der Waals surface area contributed by atoms with E-state index in [4.69, 9.17) is 10.00 Å². The van der Waals surface area contributed by atoms with Gasteiger partial charge < -0.3 is 4.74 Å². The van der Waals surface area contributed by atoms with Crippen molar-refractivity contribution in [1.29, 1.82) is 5.26 Å². The SMILES string of the molecule is N#Cc1ccc(F)c(COCc2cccc(Br)c2)c1. The van der Waals surface area contributed by atoms with Gasteiger partial charge in [-0.1, -0.05) is 28.1 Å². The topological polar surface area (TPSA) is 33.0 Å². The lowest BCUT2D eigenvalue weighted by Crippen LogP contribution is -1.97. The monoisotopic (exact) mass is 319 g/mol. The minimum atomic E-state index is -0.353. The zero-order chi connectivity index (χ0) is 13.7. The number of hydrogen-bond acceptors (Lipinski definition) is 2. The van der Waals surface area contributed by atoms with Gasteiger partial charge in [0.25, 0.3) is 0 Å². The Morgan fingerprint density at radius 1 is 1.16 bits per heavy atom. The summed E-state index contributed by atoms with van der Waals surface area (Å²) in [5.74, 6) is -0.353. The summed E-state index contributed by atoms with van der Waals surface area (Å²) in [6.45, 7) is 0.545. The third-order valence-corrected chi connectivity index (χ3v) is 3.08. The molecular weight excluding hydrogens is 309 g/mol. The first-order chi connectivity index (χ1) is 9.19. The fraction of sp³-hybridized carbons (Fsp3) is 0.133. The number of nitrogens with zero attached hydrogens (tertiary/aromatic N) is 1. The molecule has 0 atom stereocenters. The standard InChI is InChI=1S/C15H11BrFNO/c16-14-3-1-2-12(7-14)9-19-10-13-6-11(8-18)4-5-15(13)17/h1-7H,9-10H2. The second-order valence-electron chi connectivity index (χ2n) is 4.04. The molecule has 2 aromatic carbocycles. The summed E-state index contributed by atoms with van der Waals surface area (Å²) in [7, 11) is 0. The summed E-state index contributed by atoms with van der Waals surface area (Å²) >= 11 is 3.38. The molecule has 2 aromatic rings. The van der Waals surface area contributed by atoms with Crippen molar-refractivity contribution in [1.82, 2.24) is 0 Å². The van der Waals surface area contributed by atoms with Gasteiger partial charge in [-0.15, -0.1) is 0 Å². The Bertz CT molecular complexity index is 622. The second kappa shape index (κ2) is 6.46. The van der Waals surface area contributed by atoms with Gasteiger partial charge in [0, 0.05) is 10.0 Å². The largest absolute Gasteiger partial charge is 0.372 e. The van der Waals surface area contributed by atoms with Crippen LogP contribution >= 0.6 is 15.9 Å². The van der Waals surface area contributed by atoms with E-state index in [1.807, 2.05) is 30.3 Å². The Kier molecular flexibility index (Phi) is 4.67. The summed E-state index contributed by atoms with van der Waals surface area (Å²) < 4.78 is 19.9. The van der Waals surface area contributed by atoms with E-state index in [2.05, 4.69) is 15.9 Å². The van der Waals surface area contributed by atoms with Crippen molar-refractivity contribution in [2.45, 2.75) is 13.2 Å². The molecule has 0 unspecified atom stereocenters. The fourth-order valence-electron chi connectivity index (χ4n) is 1.66. The van der Waals surface area contributed by atoms with Crippen LogP contribution in [0.5, 0.6) is 0 Å². The van der Waals surface area contributed by atoms with E-state index in [1.165, 1.54) is 18.2 Å². The smallest absolute Gasteiger partial charge is 0.128 e. The zero-order valence-corrected chi connectivity index (χ0v) is 11.7. The van der Waals surface area contributed by atoms with Gasteiger partial charge in [-0.25, -0.2) is 4.39 Å². The van der Waals surface area contributed by atoms with Crippen LogP contribution in [0.1, 0.15) is 16.7 Å². The average molecular weight is 320 g/mol. The van der Waals surface area contributed by atoms with Crippen LogP contribution in [-0.4, -0.2) is 0 Å². The molecule has 19 heavy (non-hydrogen) atoms. The van der Waals surface area contributed by atoms with Crippen molar-refractivity contribution >= 4 is 15.9 Å². The number of nitriles is 1. The first-order valence-corrected chi connectivity index (χ1v) is 6.49. The Labute approximate surface area is 119 Å². The molecule has 0 aliphatic carbocycles. The zero-order valence-electron chi connectivity index (χ0n) is 10.1. The van der Waals surface area contributed by atoms with E-state index < -0.39 is 0 Å². The minimum Gasteiger partial charge on any atom is -0.372 e. The van der Waals surface area contributed by atoms with E-state index in [9.17, 15) is 4.39 Å². The summed E-state index contributed by atoms with van der Waals surface area (Å²) in [6.07, 6.45) is 0. The molecule has 0 aromatic heterocycles. The van der Waals surface area contributed by atoms with Gasteiger partial charge in [0.1, 0.15) is 5.82 Å². The summed E-state index contributed by atoms with van der Waals surface area (Å²) in [6, 6.07) is 14.0. The van der Waals surface area contributed by atoms with Gasteiger partial charge in [0.05, 0.1) is 24.8 Å². The number of rotatable bonds is 4. The Morgan fingerprint density at radius 3 is 2.74 bits per heavy atom. The Morgan fingerprint density at radius 2 is 2.00 bits per heavy atom. The Hall–Kier alpha value is -1.70. The lowest BCUT2D eigenvalue weighted by atomic mass is 10.1. The molecule has 4 heteroatoms. The molecule has 0 radical (unpaired) electrons. The van der Waals surface area contributed by atoms with Crippen molar-refractivity contribution in [3.63, 3.8) is 0 Å². The third-order valence-electron chi connectivity index (χ3n) is 2.59. The molecule has 0 aliphatic heterocycles. The van der Waals surface area contributed by atoms with Crippen molar-refractivity contribution in [2.75, 3.05) is 0 Å². The lowest BCUT2D eigenvalue weighted by molar-refractivity contribution is 0.105. The van der Waals surface area contributed by atoms with Crippen molar-refractivity contribution in [3.8, 4) is 6.07 Å². The van der Waals surface area contributed by atoms with Crippen LogP contribution in [0.4, 0.5) is 4.39 Å². The molecule has 96 valence electrons. The molecule has 0 N–H and O–H groups in total. The van der Waals surface area contributed by atoms with Crippen LogP contribution in [0.2, 0.25) is 0 Å². The molecule has 0 fully saturated rings. The van der Waals surface area contributed by atoms with Gasteiger partial charge in [-0.05, 0) is 35.9 Å². The third kappa shape index (κ3) is 3.88. The number of benzene rings is 2. The average Bonchev–Trinajstić information content (AvgIpc) is 2.41. The summed E-state index contributed by atoms with van der Waals surface area (Å²) in [5.41, 5.74) is 1.84. The maximum absolute atomic E-state index is 13.5. The first-order valence-electron chi connectivity index (χ1n) is 5.70. The van der Waals surface area contributed by atoms with E-state index in [-0.39, 0.29) is 12.4 Å². The van der Waals surface area contributed by atoms with Crippen LogP contribution in [0, 0.1) is 17.1 Å². The highest BCUT2D eigenvalue weighted by Crippen LogP contribution is 2.15. The summed E-state index contributed by atoms with van der Waals surface area (Å²) in [5, 5.41) is 8.77. The number of hydrogen-bond donors (Lipinski definition) is 0. The molecule has 0 heterocycles. The quantitative estimate of drug-likeness (QED) is 0.847. The minimum absolute atomic E-state index is 0.147. The highest BCUT2D eigenvalue weighted by molar-refractivity contribution is 9.10. The normalized spacial score (nSPS) is 10.2. The molecule has 0 saturated heterocycles. The maximum atomic E-state index is 13.5. The molecule has 0 saturated carbocycles. The van der Waals surface area contributed by atoms with Gasteiger partial charge in [0.15, 0.2) is 0 Å². The Balaban J connectivity index is 1.98. The maximum Gasteiger partial charge on any atom is 0.128 e. The van der Waals surface area contributed by atoms with E-state index in [0.717, 1.165) is 10.0 Å². The lowest BCUT2D eigenvalue weighted by Gasteiger charge is -2.06. The highest BCUT2D eigenvalue weighted by Gasteiger charge is 2.04. The van der Waals surface area contributed by atoms with Crippen molar-refractivity contribution in [3.05, 3.63) is 69.4 Å². The molecule has 2 nitrogen and oxygen atoms in total. The van der Waals surface area contributed by atoms with Crippen LogP contribution in [0.25, 0.3) is 0 Å². The van der Waals surface area contributed by atoms with Crippen molar-refractivity contribution in [2.24, 2.45) is 0 Å². The molecule has 0 aliphatic rings. The predicted molar refractivity (Wildman–Crippen MR) is 73.8 cm³/mol. The fourth-order valence-corrected chi connectivity index (χ4v) is 2.11. The molecule has 0 bridgehead atoms. The van der Waals surface area contributed by atoms with Gasteiger partial charge in [-0.3, -0.25) is 0 Å². The van der Waals surface area contributed by atoms with Crippen LogP contribution < -0.4 is 0 Å². The van der Waals surface area contributed by atoms with Crippen LogP contribution in [0.3, 0.4) is 0 Å². The molecule has 0 spiro atoms. The van der Waals surface area contributed by atoms with Crippen LogP contribution in [0.15, 0.2) is 46.9 Å². The van der Waals surface area contributed by atoms with Gasteiger partial charge in [-0.2, -0.15) is 5.26 Å². The number of ether oxygens (including phenoxy) is 1. The van der Waals surface area contributed by atoms with Crippen LogP contribution in [-0.2, 0) is 18.0 Å². The van der Waals surface area contributed by atoms with E-state index in [1.54, 1.807) is 0 Å². The van der Waals surface area contributed by atoms with Gasteiger partial charge in [0.2, 0.25) is 0 Å². The first kappa shape index (κ1) is 13.7. The summed E-state index contributed by atoms with van der Waals surface area (Å²) in [4.78, 5) is 0. The predicted octanol–water partition coefficient (Wildman–Crippen LogP) is 4.18. The number of halogens is 2. The molecule has 0 amide bonds. The molecular formula is C15H11BrFNO.